The number of carbonyl (C=O) groups excluding carboxylic acids is 1. The second-order valence-electron chi connectivity index (χ2n) is 6.64. The number of nitrogens with zero attached hydrogens (tertiary/aromatic N) is 4. The van der Waals surface area contributed by atoms with Gasteiger partial charge in [-0.15, -0.1) is 12.4 Å². The molecule has 3 rings (SSSR count). The van der Waals surface area contributed by atoms with Crippen LogP contribution in [0.1, 0.15) is 24.2 Å². The van der Waals surface area contributed by atoms with Gasteiger partial charge in [0.15, 0.2) is 10.9 Å². The molecule has 1 amide bonds. The third-order valence-electron chi connectivity index (χ3n) is 4.80. The minimum absolute atomic E-state index is 0. The number of thiazole rings is 1. The predicted molar refractivity (Wildman–Crippen MR) is 124 cm³/mol. The highest BCUT2D eigenvalue weighted by Gasteiger charge is 2.26. The number of rotatable bonds is 8. The van der Waals surface area contributed by atoms with Gasteiger partial charge in [0.25, 0.3) is 11.6 Å². The van der Waals surface area contributed by atoms with Gasteiger partial charge >= 0.3 is 0 Å². The second-order valence-corrected chi connectivity index (χ2v) is 8.05. The number of likely N-dealkylation sites (N-methyl/N-ethyl adjacent to an activating group) is 1. The number of nitro benzene ring substituents is 1. The lowest BCUT2D eigenvalue weighted by Gasteiger charge is -2.25. The molecule has 0 atom stereocenters. The van der Waals surface area contributed by atoms with E-state index in [2.05, 4.69) is 9.88 Å². The molecule has 0 aliphatic rings. The van der Waals surface area contributed by atoms with E-state index in [1.54, 1.807) is 0 Å². The molecule has 0 saturated heterocycles. The molecule has 3 aromatic rings. The Hall–Kier alpha value is -2.40. The van der Waals surface area contributed by atoms with Crippen LogP contribution < -0.4 is 4.90 Å². The first-order valence-electron chi connectivity index (χ1n) is 9.48. The lowest BCUT2D eigenvalue weighted by atomic mass is 10.1. The molecule has 0 fully saturated rings. The predicted octanol–water partition coefficient (Wildman–Crippen LogP) is 5.55. The average Bonchev–Trinajstić information content (AvgIpc) is 3.15. The van der Waals surface area contributed by atoms with Crippen LogP contribution in [0.5, 0.6) is 0 Å². The van der Waals surface area contributed by atoms with Crippen LogP contribution in [-0.4, -0.2) is 46.9 Å². The Morgan fingerprint density at radius 3 is 2.50 bits per heavy atom. The minimum atomic E-state index is -0.831. The molecule has 1 heterocycles. The number of hydrogen-bond donors (Lipinski definition) is 0. The Bertz CT molecular complexity index is 1140. The van der Waals surface area contributed by atoms with Crippen molar-refractivity contribution in [1.82, 2.24) is 9.88 Å². The molecule has 7 nitrogen and oxygen atoms in total. The number of amides is 1. The number of benzene rings is 2. The fourth-order valence-corrected chi connectivity index (χ4v) is 4.29. The topological polar surface area (TPSA) is 79.6 Å². The van der Waals surface area contributed by atoms with Gasteiger partial charge in [-0.1, -0.05) is 36.8 Å². The Kier molecular flexibility index (Phi) is 8.85. The highest BCUT2D eigenvalue weighted by molar-refractivity contribution is 7.22. The van der Waals surface area contributed by atoms with Crippen LogP contribution in [0.25, 0.3) is 10.2 Å². The zero-order chi connectivity index (χ0) is 22.7. The van der Waals surface area contributed by atoms with Crippen LogP contribution >= 0.6 is 35.3 Å². The summed E-state index contributed by atoms with van der Waals surface area (Å²) in [6.45, 7) is 6.11. The van der Waals surface area contributed by atoms with E-state index in [0.29, 0.717) is 6.54 Å². The molecule has 0 N–H and O–H groups in total. The van der Waals surface area contributed by atoms with E-state index in [-0.39, 0.29) is 50.6 Å². The molecular formula is C20H20Cl2F2N4O3S. The molecule has 0 radical (unpaired) electrons. The Balaban J connectivity index is 0.00000363. The van der Waals surface area contributed by atoms with E-state index in [0.717, 1.165) is 42.6 Å². The monoisotopic (exact) mass is 504 g/mol. The van der Waals surface area contributed by atoms with Gasteiger partial charge in [0, 0.05) is 31.3 Å². The summed E-state index contributed by atoms with van der Waals surface area (Å²) in [5.74, 6) is -2.19. The van der Waals surface area contributed by atoms with Crippen LogP contribution in [0.3, 0.4) is 0 Å². The summed E-state index contributed by atoms with van der Waals surface area (Å²) in [4.78, 5) is 31.5. The SMILES string of the molecule is CCN(CC)CCN(C(=O)c1cc([N+](=O)[O-])ccc1Cl)c1nc2c(F)cc(F)cc2s1.Cl. The first kappa shape index (κ1) is 25.9. The molecule has 32 heavy (non-hydrogen) atoms. The third-order valence-corrected chi connectivity index (χ3v) is 6.16. The number of non-ortho nitro benzene ring substituents is 1. The first-order chi connectivity index (χ1) is 14.7. The van der Waals surface area contributed by atoms with Crippen LogP contribution in [0, 0.1) is 21.7 Å². The standard InChI is InChI=1S/C20H19ClF2N4O3S.ClH/c1-3-25(4-2)7-8-26(19(28)14-11-13(27(29)30)5-6-15(14)21)20-24-18-16(23)9-12(22)10-17(18)31-20;/h5-6,9-11H,3-4,7-8H2,1-2H3;1H. The zero-order valence-corrected chi connectivity index (χ0v) is 19.6. The van der Waals surface area contributed by atoms with Crippen LogP contribution in [0.15, 0.2) is 30.3 Å². The van der Waals surface area contributed by atoms with Crippen molar-refractivity contribution in [3.8, 4) is 0 Å². The smallest absolute Gasteiger partial charge is 0.270 e. The van der Waals surface area contributed by atoms with E-state index in [4.69, 9.17) is 11.6 Å². The quantitative estimate of drug-likeness (QED) is 0.297. The maximum atomic E-state index is 14.2. The molecule has 0 aliphatic carbocycles. The van der Waals surface area contributed by atoms with Crippen molar-refractivity contribution >= 4 is 62.3 Å². The first-order valence-corrected chi connectivity index (χ1v) is 10.7. The summed E-state index contributed by atoms with van der Waals surface area (Å²) in [7, 11) is 0. The van der Waals surface area contributed by atoms with Gasteiger partial charge in [-0.25, -0.2) is 13.8 Å². The average molecular weight is 505 g/mol. The van der Waals surface area contributed by atoms with E-state index in [1.807, 2.05) is 13.8 Å². The molecule has 0 unspecified atom stereocenters. The summed E-state index contributed by atoms with van der Waals surface area (Å²) in [6, 6.07) is 5.46. The fourth-order valence-electron chi connectivity index (χ4n) is 3.06. The van der Waals surface area contributed by atoms with Crippen molar-refractivity contribution in [3.63, 3.8) is 0 Å². The maximum Gasteiger partial charge on any atom is 0.270 e. The Morgan fingerprint density at radius 1 is 1.19 bits per heavy atom. The Labute approximate surface area is 198 Å². The Morgan fingerprint density at radius 2 is 1.88 bits per heavy atom. The van der Waals surface area contributed by atoms with Crippen molar-refractivity contribution in [2.24, 2.45) is 0 Å². The highest BCUT2D eigenvalue weighted by Crippen LogP contribution is 2.33. The summed E-state index contributed by atoms with van der Waals surface area (Å²) in [5, 5.41) is 11.3. The minimum Gasteiger partial charge on any atom is -0.302 e. The van der Waals surface area contributed by atoms with Crippen LogP contribution in [0.4, 0.5) is 19.6 Å². The van der Waals surface area contributed by atoms with Gasteiger partial charge in [-0.05, 0) is 25.2 Å². The number of hydrogen-bond acceptors (Lipinski definition) is 6. The van der Waals surface area contributed by atoms with E-state index in [1.165, 1.54) is 17.0 Å². The van der Waals surface area contributed by atoms with E-state index >= 15 is 0 Å². The number of anilines is 1. The number of aromatic nitrogens is 1. The van der Waals surface area contributed by atoms with Crippen molar-refractivity contribution in [1.29, 1.82) is 0 Å². The molecule has 0 bridgehead atoms. The molecule has 0 spiro atoms. The van der Waals surface area contributed by atoms with Crippen molar-refractivity contribution in [3.05, 3.63) is 62.7 Å². The molecule has 1 aromatic heterocycles. The van der Waals surface area contributed by atoms with Crippen molar-refractivity contribution < 1.29 is 18.5 Å². The number of fused-ring (bicyclic) bond motifs is 1. The molecule has 0 aliphatic heterocycles. The highest BCUT2D eigenvalue weighted by atomic mass is 35.5. The summed E-state index contributed by atoms with van der Waals surface area (Å²) >= 11 is 7.12. The summed E-state index contributed by atoms with van der Waals surface area (Å²) in [5.41, 5.74) is -0.401. The van der Waals surface area contributed by atoms with E-state index < -0.39 is 22.5 Å². The van der Waals surface area contributed by atoms with Gasteiger partial charge in [-0.2, -0.15) is 0 Å². The summed E-state index contributed by atoms with van der Waals surface area (Å²) < 4.78 is 28.0. The maximum absolute atomic E-state index is 14.2. The molecule has 172 valence electrons. The van der Waals surface area contributed by atoms with Gasteiger partial charge in [0.1, 0.15) is 11.3 Å². The van der Waals surface area contributed by atoms with Gasteiger partial charge in [-0.3, -0.25) is 19.8 Å². The molecule has 12 heteroatoms. The lowest BCUT2D eigenvalue weighted by Crippen LogP contribution is -2.39. The number of carbonyl (C=O) groups is 1. The fraction of sp³-hybridized carbons (Fsp3) is 0.300. The van der Waals surface area contributed by atoms with Crippen LogP contribution in [0.2, 0.25) is 5.02 Å². The lowest BCUT2D eigenvalue weighted by molar-refractivity contribution is -0.384. The third kappa shape index (κ3) is 5.50. The summed E-state index contributed by atoms with van der Waals surface area (Å²) in [6.07, 6.45) is 0. The normalized spacial score (nSPS) is 10.9. The zero-order valence-electron chi connectivity index (χ0n) is 17.2. The number of nitro groups is 1. The van der Waals surface area contributed by atoms with Crippen molar-refractivity contribution in [2.45, 2.75) is 13.8 Å². The van der Waals surface area contributed by atoms with Crippen molar-refractivity contribution in [2.75, 3.05) is 31.1 Å². The molecular weight excluding hydrogens is 485 g/mol. The van der Waals surface area contributed by atoms with Gasteiger partial charge in [0.05, 0.1) is 20.2 Å². The number of halogens is 4. The molecule has 0 saturated carbocycles. The second kappa shape index (κ2) is 11.0. The van der Waals surface area contributed by atoms with Gasteiger partial charge < -0.3 is 4.90 Å². The van der Waals surface area contributed by atoms with E-state index in [9.17, 15) is 23.7 Å². The van der Waals surface area contributed by atoms with Crippen LogP contribution in [-0.2, 0) is 0 Å². The van der Waals surface area contributed by atoms with Gasteiger partial charge in [0.2, 0.25) is 0 Å². The molecule has 2 aromatic carbocycles. The largest absolute Gasteiger partial charge is 0.302 e.